The van der Waals surface area contributed by atoms with E-state index in [4.69, 9.17) is 5.73 Å². The van der Waals surface area contributed by atoms with Gasteiger partial charge >= 0.3 is 0 Å². The molecule has 4 N–H and O–H groups in total. The van der Waals surface area contributed by atoms with Gasteiger partial charge in [-0.25, -0.2) is 14.4 Å². The van der Waals surface area contributed by atoms with Gasteiger partial charge in [-0.1, -0.05) is 18.2 Å². The van der Waals surface area contributed by atoms with Crippen molar-refractivity contribution in [2.45, 2.75) is 13.0 Å². The Balaban J connectivity index is 2.09. The predicted molar refractivity (Wildman–Crippen MR) is 99.5 cm³/mol. The SMILES string of the molecule is CNC[C@@H](Nc1nc(C)nc2c(C(N)=O)cccc12)c1cccc(F)c1. The summed E-state index contributed by atoms with van der Waals surface area (Å²) in [4.78, 5) is 20.6. The summed E-state index contributed by atoms with van der Waals surface area (Å²) in [6, 6.07) is 11.4. The second-order valence-corrected chi connectivity index (χ2v) is 6.00. The van der Waals surface area contributed by atoms with Crippen LogP contribution in [0.5, 0.6) is 0 Å². The van der Waals surface area contributed by atoms with Gasteiger partial charge in [0.15, 0.2) is 0 Å². The van der Waals surface area contributed by atoms with Crippen molar-refractivity contribution in [2.24, 2.45) is 5.73 Å². The molecule has 1 heterocycles. The number of nitrogens with zero attached hydrogens (tertiary/aromatic N) is 2. The van der Waals surface area contributed by atoms with Gasteiger partial charge in [0.25, 0.3) is 5.91 Å². The minimum Gasteiger partial charge on any atom is -0.366 e. The van der Waals surface area contributed by atoms with Crippen LogP contribution in [-0.2, 0) is 0 Å². The summed E-state index contributed by atoms with van der Waals surface area (Å²) in [5, 5.41) is 7.12. The Hall–Kier alpha value is -3.06. The highest BCUT2D eigenvalue weighted by Crippen LogP contribution is 2.27. The van der Waals surface area contributed by atoms with Crippen LogP contribution in [0.4, 0.5) is 10.2 Å². The number of likely N-dealkylation sites (N-methyl/N-ethyl adjacent to an activating group) is 1. The molecule has 0 unspecified atom stereocenters. The summed E-state index contributed by atoms with van der Waals surface area (Å²) in [5.74, 6) is 0.234. The lowest BCUT2D eigenvalue weighted by Gasteiger charge is -2.21. The van der Waals surface area contributed by atoms with Crippen molar-refractivity contribution < 1.29 is 9.18 Å². The normalized spacial score (nSPS) is 12.1. The average Bonchev–Trinajstić information content (AvgIpc) is 2.60. The lowest BCUT2D eigenvalue weighted by atomic mass is 10.1. The van der Waals surface area contributed by atoms with E-state index in [0.717, 1.165) is 5.56 Å². The first kappa shape index (κ1) is 17.8. The van der Waals surface area contributed by atoms with E-state index in [0.29, 0.717) is 34.7 Å². The van der Waals surface area contributed by atoms with Gasteiger partial charge in [0.1, 0.15) is 17.5 Å². The number of anilines is 1. The molecule has 1 atom stereocenters. The minimum absolute atomic E-state index is 0.217. The molecule has 0 aliphatic heterocycles. The van der Waals surface area contributed by atoms with Gasteiger partial charge in [-0.3, -0.25) is 4.79 Å². The number of hydrogen-bond acceptors (Lipinski definition) is 5. The summed E-state index contributed by atoms with van der Waals surface area (Å²) in [6.45, 7) is 2.31. The van der Waals surface area contributed by atoms with Crippen molar-refractivity contribution in [3.63, 3.8) is 0 Å². The third-order valence-corrected chi connectivity index (χ3v) is 4.07. The maximum absolute atomic E-state index is 13.6. The Bertz CT molecular complexity index is 960. The van der Waals surface area contributed by atoms with Crippen molar-refractivity contribution in [1.82, 2.24) is 15.3 Å². The van der Waals surface area contributed by atoms with Crippen molar-refractivity contribution in [3.05, 3.63) is 65.2 Å². The first-order valence-corrected chi connectivity index (χ1v) is 8.23. The highest BCUT2D eigenvalue weighted by Gasteiger charge is 2.17. The van der Waals surface area contributed by atoms with E-state index in [9.17, 15) is 9.18 Å². The van der Waals surface area contributed by atoms with Crippen molar-refractivity contribution in [2.75, 3.05) is 18.9 Å². The zero-order valence-electron chi connectivity index (χ0n) is 14.6. The Morgan fingerprint density at radius 1 is 1.23 bits per heavy atom. The number of hydrogen-bond donors (Lipinski definition) is 3. The van der Waals surface area contributed by atoms with Crippen LogP contribution >= 0.6 is 0 Å². The molecule has 0 aliphatic carbocycles. The molecule has 0 bridgehead atoms. The third-order valence-electron chi connectivity index (χ3n) is 4.07. The number of amides is 1. The van der Waals surface area contributed by atoms with E-state index < -0.39 is 5.91 Å². The van der Waals surface area contributed by atoms with Crippen LogP contribution in [0, 0.1) is 12.7 Å². The highest BCUT2D eigenvalue weighted by atomic mass is 19.1. The maximum atomic E-state index is 13.6. The van der Waals surface area contributed by atoms with Gasteiger partial charge in [-0.05, 0) is 43.8 Å². The number of nitrogens with one attached hydrogen (secondary N) is 2. The number of primary amides is 1. The lowest BCUT2D eigenvalue weighted by Crippen LogP contribution is -2.24. The molecule has 26 heavy (non-hydrogen) atoms. The summed E-state index contributed by atoms with van der Waals surface area (Å²) < 4.78 is 13.6. The van der Waals surface area contributed by atoms with E-state index in [1.807, 2.05) is 19.2 Å². The van der Waals surface area contributed by atoms with Crippen LogP contribution in [0.25, 0.3) is 10.9 Å². The largest absolute Gasteiger partial charge is 0.366 e. The second-order valence-electron chi connectivity index (χ2n) is 6.00. The van der Waals surface area contributed by atoms with Crippen molar-refractivity contribution in [3.8, 4) is 0 Å². The second kappa shape index (κ2) is 7.45. The van der Waals surface area contributed by atoms with Gasteiger partial charge < -0.3 is 16.4 Å². The number of halogens is 1. The van der Waals surface area contributed by atoms with Crippen molar-refractivity contribution in [1.29, 1.82) is 0 Å². The van der Waals surface area contributed by atoms with Crippen LogP contribution in [-0.4, -0.2) is 29.5 Å². The number of para-hydroxylation sites is 1. The molecular weight excluding hydrogens is 333 g/mol. The van der Waals surface area contributed by atoms with Gasteiger partial charge in [0.2, 0.25) is 0 Å². The molecule has 0 fully saturated rings. The molecule has 0 aliphatic rings. The molecular formula is C19H20FN5O. The van der Waals surface area contributed by atoms with E-state index in [2.05, 4.69) is 20.6 Å². The summed E-state index contributed by atoms with van der Waals surface area (Å²) in [6.07, 6.45) is 0. The van der Waals surface area contributed by atoms with Gasteiger partial charge in [0, 0.05) is 11.9 Å². The number of aromatic nitrogens is 2. The van der Waals surface area contributed by atoms with E-state index in [1.54, 1.807) is 25.1 Å². The van der Waals surface area contributed by atoms with Crippen LogP contribution < -0.4 is 16.4 Å². The van der Waals surface area contributed by atoms with Crippen molar-refractivity contribution >= 4 is 22.6 Å². The standard InChI is InChI=1S/C19H20FN5O/c1-11-23-17-14(18(21)26)7-4-8-15(17)19(24-11)25-16(10-22-2)12-5-3-6-13(20)9-12/h3-9,16,22H,10H2,1-2H3,(H2,21,26)(H,23,24,25)/t16-/m1/s1. The van der Waals surface area contributed by atoms with Crippen LogP contribution in [0.1, 0.15) is 27.8 Å². The molecule has 2 aromatic carbocycles. The number of aryl methyl sites for hydroxylation is 1. The number of benzene rings is 2. The maximum Gasteiger partial charge on any atom is 0.250 e. The van der Waals surface area contributed by atoms with Gasteiger partial charge in [-0.2, -0.15) is 0 Å². The average molecular weight is 353 g/mol. The number of carbonyl (C=O) groups excluding carboxylic acids is 1. The molecule has 3 rings (SSSR count). The molecule has 3 aromatic rings. The highest BCUT2D eigenvalue weighted by molar-refractivity contribution is 6.07. The minimum atomic E-state index is -0.545. The fourth-order valence-electron chi connectivity index (χ4n) is 2.92. The summed E-state index contributed by atoms with van der Waals surface area (Å²) in [5.41, 5.74) is 7.09. The molecule has 134 valence electrons. The monoisotopic (exact) mass is 353 g/mol. The zero-order chi connectivity index (χ0) is 18.7. The summed E-state index contributed by atoms with van der Waals surface area (Å²) in [7, 11) is 1.82. The Labute approximate surface area is 150 Å². The third kappa shape index (κ3) is 3.62. The Morgan fingerprint density at radius 3 is 2.69 bits per heavy atom. The summed E-state index contributed by atoms with van der Waals surface area (Å²) >= 11 is 0. The number of fused-ring (bicyclic) bond motifs is 1. The fraction of sp³-hybridized carbons (Fsp3) is 0.211. The quantitative estimate of drug-likeness (QED) is 0.633. The van der Waals surface area contributed by atoms with Gasteiger partial charge in [0.05, 0.1) is 17.1 Å². The zero-order valence-corrected chi connectivity index (χ0v) is 14.6. The smallest absolute Gasteiger partial charge is 0.250 e. The van der Waals surface area contributed by atoms with Crippen LogP contribution in [0.2, 0.25) is 0 Å². The molecule has 0 saturated heterocycles. The van der Waals surface area contributed by atoms with E-state index in [-0.39, 0.29) is 11.9 Å². The van der Waals surface area contributed by atoms with Crippen LogP contribution in [0.3, 0.4) is 0 Å². The number of nitrogens with two attached hydrogens (primary N) is 1. The number of carbonyl (C=O) groups is 1. The van der Waals surface area contributed by atoms with Crippen LogP contribution in [0.15, 0.2) is 42.5 Å². The molecule has 7 heteroatoms. The molecule has 1 amide bonds. The predicted octanol–water partition coefficient (Wildman–Crippen LogP) is 2.55. The fourth-order valence-corrected chi connectivity index (χ4v) is 2.92. The molecule has 1 aromatic heterocycles. The number of rotatable bonds is 6. The molecule has 0 saturated carbocycles. The molecule has 0 radical (unpaired) electrons. The first-order chi connectivity index (χ1) is 12.5. The van der Waals surface area contributed by atoms with Gasteiger partial charge in [-0.15, -0.1) is 0 Å². The Kier molecular flexibility index (Phi) is 5.09. The lowest BCUT2D eigenvalue weighted by molar-refractivity contribution is 0.100. The topological polar surface area (TPSA) is 92.9 Å². The van der Waals surface area contributed by atoms with E-state index in [1.165, 1.54) is 12.1 Å². The Morgan fingerprint density at radius 2 is 2.00 bits per heavy atom. The van der Waals surface area contributed by atoms with E-state index >= 15 is 0 Å². The molecule has 0 spiro atoms. The molecule has 6 nitrogen and oxygen atoms in total. The first-order valence-electron chi connectivity index (χ1n) is 8.23.